The summed E-state index contributed by atoms with van der Waals surface area (Å²) in [5.41, 5.74) is 2.11. The largest absolute Gasteiger partial charge is 0.497 e. The molecule has 0 atom stereocenters. The highest BCUT2D eigenvalue weighted by Crippen LogP contribution is 2.14. The Morgan fingerprint density at radius 1 is 0.750 bits per heavy atom. The Kier molecular flexibility index (Phi) is 6.84. The van der Waals surface area contributed by atoms with Gasteiger partial charge in [-0.3, -0.25) is 4.79 Å². The average Bonchev–Trinajstić information content (AvgIpc) is 2.63. The number of Topliss-reactive ketones (excluding diaryl/α,β-unsaturated/α-hetero) is 1. The predicted octanol–water partition coefficient (Wildman–Crippen LogP) is 4.78. The third-order valence-electron chi connectivity index (χ3n) is 3.54. The SMILES string of the molecule is COc1ccc(C=CCC(=O)CC=Cc2ccc(OC)cc2)cc1. The lowest BCUT2D eigenvalue weighted by molar-refractivity contribution is -0.117. The molecule has 0 aliphatic heterocycles. The van der Waals surface area contributed by atoms with Crippen LogP contribution in [0.1, 0.15) is 24.0 Å². The molecular formula is C21H22O3. The van der Waals surface area contributed by atoms with Crippen LogP contribution < -0.4 is 9.47 Å². The van der Waals surface area contributed by atoms with Gasteiger partial charge in [-0.15, -0.1) is 0 Å². The number of methoxy groups -OCH3 is 2. The highest BCUT2D eigenvalue weighted by Gasteiger charge is 1.96. The highest BCUT2D eigenvalue weighted by molar-refractivity contribution is 5.82. The second kappa shape index (κ2) is 9.36. The molecule has 124 valence electrons. The molecule has 0 aromatic heterocycles. The fourth-order valence-electron chi connectivity index (χ4n) is 2.17. The lowest BCUT2D eigenvalue weighted by Crippen LogP contribution is -1.92. The van der Waals surface area contributed by atoms with Crippen molar-refractivity contribution in [3.63, 3.8) is 0 Å². The van der Waals surface area contributed by atoms with E-state index in [1.54, 1.807) is 14.2 Å². The van der Waals surface area contributed by atoms with Gasteiger partial charge in [0.2, 0.25) is 0 Å². The van der Waals surface area contributed by atoms with Crippen molar-refractivity contribution in [3.05, 3.63) is 71.8 Å². The maximum atomic E-state index is 11.9. The molecule has 0 heterocycles. The van der Waals surface area contributed by atoms with Gasteiger partial charge in [-0.05, 0) is 35.4 Å². The van der Waals surface area contributed by atoms with Crippen LogP contribution in [0.4, 0.5) is 0 Å². The summed E-state index contributed by atoms with van der Waals surface area (Å²) in [5, 5.41) is 0. The van der Waals surface area contributed by atoms with Crippen molar-refractivity contribution in [1.29, 1.82) is 0 Å². The van der Waals surface area contributed by atoms with Crippen molar-refractivity contribution >= 4 is 17.9 Å². The first-order valence-electron chi connectivity index (χ1n) is 7.84. The van der Waals surface area contributed by atoms with Gasteiger partial charge in [-0.1, -0.05) is 48.6 Å². The molecule has 0 radical (unpaired) electrons. The summed E-state index contributed by atoms with van der Waals surface area (Å²) in [4.78, 5) is 11.9. The van der Waals surface area contributed by atoms with E-state index in [9.17, 15) is 4.79 Å². The molecular weight excluding hydrogens is 300 g/mol. The summed E-state index contributed by atoms with van der Waals surface area (Å²) < 4.78 is 10.2. The molecule has 24 heavy (non-hydrogen) atoms. The first-order chi connectivity index (χ1) is 11.7. The first kappa shape index (κ1) is 17.5. The van der Waals surface area contributed by atoms with E-state index in [1.165, 1.54) is 0 Å². The molecule has 0 amide bonds. The molecule has 0 aliphatic carbocycles. The lowest BCUT2D eigenvalue weighted by atomic mass is 10.1. The van der Waals surface area contributed by atoms with E-state index < -0.39 is 0 Å². The van der Waals surface area contributed by atoms with Gasteiger partial charge in [-0.2, -0.15) is 0 Å². The number of carbonyl (C=O) groups excluding carboxylic acids is 1. The summed E-state index contributed by atoms with van der Waals surface area (Å²) >= 11 is 0. The van der Waals surface area contributed by atoms with Gasteiger partial charge in [-0.25, -0.2) is 0 Å². The maximum Gasteiger partial charge on any atom is 0.140 e. The second-order valence-electron chi connectivity index (χ2n) is 5.30. The number of ketones is 1. The second-order valence-corrected chi connectivity index (χ2v) is 5.30. The van der Waals surface area contributed by atoms with Crippen LogP contribution in [-0.2, 0) is 4.79 Å². The number of ether oxygens (including phenoxy) is 2. The lowest BCUT2D eigenvalue weighted by Gasteiger charge is -1.99. The summed E-state index contributed by atoms with van der Waals surface area (Å²) in [5.74, 6) is 1.84. The molecule has 0 bridgehead atoms. The molecule has 0 unspecified atom stereocenters. The van der Waals surface area contributed by atoms with Gasteiger partial charge in [0.1, 0.15) is 17.3 Å². The van der Waals surface area contributed by atoms with Crippen molar-refractivity contribution in [2.24, 2.45) is 0 Å². The Morgan fingerprint density at radius 3 is 1.46 bits per heavy atom. The predicted molar refractivity (Wildman–Crippen MR) is 98.3 cm³/mol. The van der Waals surface area contributed by atoms with Gasteiger partial charge in [0.25, 0.3) is 0 Å². The number of rotatable bonds is 8. The van der Waals surface area contributed by atoms with Crippen LogP contribution >= 0.6 is 0 Å². The molecule has 0 aliphatic rings. The van der Waals surface area contributed by atoms with Crippen LogP contribution in [0.2, 0.25) is 0 Å². The number of benzene rings is 2. The van der Waals surface area contributed by atoms with Gasteiger partial charge in [0, 0.05) is 12.8 Å². The van der Waals surface area contributed by atoms with Crippen LogP contribution in [0.5, 0.6) is 11.5 Å². The van der Waals surface area contributed by atoms with Gasteiger partial charge in [0.15, 0.2) is 0 Å². The summed E-state index contributed by atoms with van der Waals surface area (Å²) in [6.45, 7) is 0. The molecule has 0 fully saturated rings. The number of carbonyl (C=O) groups is 1. The fraction of sp³-hybridized carbons (Fsp3) is 0.190. The minimum atomic E-state index is 0.185. The molecule has 0 saturated heterocycles. The molecule has 0 saturated carbocycles. The van der Waals surface area contributed by atoms with Crippen molar-refractivity contribution in [1.82, 2.24) is 0 Å². The zero-order valence-corrected chi connectivity index (χ0v) is 14.1. The van der Waals surface area contributed by atoms with E-state index in [-0.39, 0.29) is 5.78 Å². The average molecular weight is 322 g/mol. The van der Waals surface area contributed by atoms with E-state index >= 15 is 0 Å². The number of allylic oxidation sites excluding steroid dienone is 2. The van der Waals surface area contributed by atoms with E-state index in [2.05, 4.69) is 0 Å². The minimum Gasteiger partial charge on any atom is -0.497 e. The monoisotopic (exact) mass is 322 g/mol. The Balaban J connectivity index is 1.77. The molecule has 3 nitrogen and oxygen atoms in total. The van der Waals surface area contributed by atoms with Crippen molar-refractivity contribution in [3.8, 4) is 11.5 Å². The molecule has 0 spiro atoms. The normalized spacial score (nSPS) is 11.1. The number of hydrogen-bond acceptors (Lipinski definition) is 3. The third kappa shape index (κ3) is 5.76. The van der Waals surface area contributed by atoms with Crippen LogP contribution in [0, 0.1) is 0 Å². The topological polar surface area (TPSA) is 35.5 Å². The summed E-state index contributed by atoms with van der Waals surface area (Å²) in [6, 6.07) is 15.5. The van der Waals surface area contributed by atoms with Crippen molar-refractivity contribution < 1.29 is 14.3 Å². The Labute approximate surface area is 143 Å². The third-order valence-corrected chi connectivity index (χ3v) is 3.54. The molecule has 0 N–H and O–H groups in total. The minimum absolute atomic E-state index is 0.185. The van der Waals surface area contributed by atoms with E-state index in [0.717, 1.165) is 22.6 Å². The van der Waals surface area contributed by atoms with Gasteiger partial charge < -0.3 is 9.47 Å². The Hall–Kier alpha value is -2.81. The number of hydrogen-bond donors (Lipinski definition) is 0. The van der Waals surface area contributed by atoms with Gasteiger partial charge in [0.05, 0.1) is 14.2 Å². The van der Waals surface area contributed by atoms with E-state index in [1.807, 2.05) is 72.8 Å². The smallest absolute Gasteiger partial charge is 0.140 e. The highest BCUT2D eigenvalue weighted by atomic mass is 16.5. The van der Waals surface area contributed by atoms with Crippen LogP contribution in [0.25, 0.3) is 12.2 Å². The molecule has 2 aromatic rings. The standard InChI is InChI=1S/C21H22O3/c1-23-20-13-9-17(10-14-20)5-3-7-19(22)8-4-6-18-11-15-21(24-2)16-12-18/h3-6,9-16H,7-8H2,1-2H3. The van der Waals surface area contributed by atoms with Gasteiger partial charge >= 0.3 is 0 Å². The zero-order valence-electron chi connectivity index (χ0n) is 14.1. The van der Waals surface area contributed by atoms with E-state index in [4.69, 9.17) is 9.47 Å². The van der Waals surface area contributed by atoms with Crippen molar-refractivity contribution in [2.75, 3.05) is 14.2 Å². The van der Waals surface area contributed by atoms with Crippen LogP contribution in [-0.4, -0.2) is 20.0 Å². The molecule has 2 rings (SSSR count). The molecule has 3 heteroatoms. The fourth-order valence-corrected chi connectivity index (χ4v) is 2.17. The van der Waals surface area contributed by atoms with Crippen LogP contribution in [0.3, 0.4) is 0 Å². The van der Waals surface area contributed by atoms with Crippen molar-refractivity contribution in [2.45, 2.75) is 12.8 Å². The quantitative estimate of drug-likeness (QED) is 0.701. The summed E-state index contributed by atoms with van der Waals surface area (Å²) in [6.07, 6.45) is 8.55. The van der Waals surface area contributed by atoms with E-state index in [0.29, 0.717) is 12.8 Å². The molecule has 2 aromatic carbocycles. The van der Waals surface area contributed by atoms with Crippen LogP contribution in [0.15, 0.2) is 60.7 Å². The Bertz CT molecular complexity index is 633. The summed E-state index contributed by atoms with van der Waals surface area (Å²) in [7, 11) is 3.28. The Morgan fingerprint density at radius 2 is 1.12 bits per heavy atom. The maximum absolute atomic E-state index is 11.9. The first-order valence-corrected chi connectivity index (χ1v) is 7.84. The zero-order chi connectivity index (χ0) is 17.2.